The van der Waals surface area contributed by atoms with Gasteiger partial charge in [-0.25, -0.2) is 4.98 Å². The Balaban J connectivity index is 1.66. The van der Waals surface area contributed by atoms with Gasteiger partial charge >= 0.3 is 6.18 Å². The third kappa shape index (κ3) is 4.51. The average molecular weight is 392 g/mol. The molecular formula is C19H23F3N6. The van der Waals surface area contributed by atoms with Crippen LogP contribution in [0.3, 0.4) is 0 Å². The molecule has 6 nitrogen and oxygen atoms in total. The Bertz CT molecular complexity index is 810. The molecule has 2 heterocycles. The first-order valence-corrected chi connectivity index (χ1v) is 9.63. The van der Waals surface area contributed by atoms with Crippen LogP contribution in [-0.4, -0.2) is 32.0 Å². The lowest BCUT2D eigenvalue weighted by atomic mass is 10.2. The first-order valence-electron chi connectivity index (χ1n) is 9.63. The summed E-state index contributed by atoms with van der Waals surface area (Å²) < 4.78 is 39.1. The summed E-state index contributed by atoms with van der Waals surface area (Å²) in [4.78, 5) is 16.8. The van der Waals surface area contributed by atoms with Crippen LogP contribution in [0.25, 0.3) is 11.5 Å². The molecule has 0 radical (unpaired) electrons. The summed E-state index contributed by atoms with van der Waals surface area (Å²) in [6, 6.07) is 4.12. The highest BCUT2D eigenvalue weighted by Gasteiger charge is 2.33. The monoisotopic (exact) mass is 392 g/mol. The van der Waals surface area contributed by atoms with Gasteiger partial charge in [0.05, 0.1) is 0 Å². The average Bonchev–Trinajstić information content (AvgIpc) is 3.53. The summed E-state index contributed by atoms with van der Waals surface area (Å²) in [6.45, 7) is 4.12. The molecule has 1 unspecified atom stereocenters. The van der Waals surface area contributed by atoms with E-state index in [0.717, 1.165) is 31.7 Å². The van der Waals surface area contributed by atoms with Gasteiger partial charge < -0.3 is 10.6 Å². The largest absolute Gasteiger partial charge is 0.433 e. The van der Waals surface area contributed by atoms with Crippen LogP contribution in [0, 0.1) is 11.8 Å². The number of halogens is 3. The third-order valence-corrected chi connectivity index (χ3v) is 5.28. The van der Waals surface area contributed by atoms with Gasteiger partial charge in [-0.1, -0.05) is 6.07 Å². The van der Waals surface area contributed by atoms with Crippen molar-refractivity contribution in [2.75, 3.05) is 10.6 Å². The van der Waals surface area contributed by atoms with Crippen molar-refractivity contribution in [3.8, 4) is 11.5 Å². The molecule has 28 heavy (non-hydrogen) atoms. The van der Waals surface area contributed by atoms with Crippen molar-refractivity contribution in [2.24, 2.45) is 11.8 Å². The van der Waals surface area contributed by atoms with E-state index < -0.39 is 11.9 Å². The van der Waals surface area contributed by atoms with E-state index in [0.29, 0.717) is 23.7 Å². The van der Waals surface area contributed by atoms with Crippen molar-refractivity contribution in [1.29, 1.82) is 0 Å². The predicted molar refractivity (Wildman–Crippen MR) is 99.7 cm³/mol. The van der Waals surface area contributed by atoms with Gasteiger partial charge in [-0.2, -0.15) is 28.1 Å². The normalized spacial score (nSPS) is 19.2. The number of nitrogens with one attached hydrogen (secondary N) is 2. The van der Waals surface area contributed by atoms with Gasteiger partial charge in [0.25, 0.3) is 0 Å². The minimum Gasteiger partial charge on any atom is -0.351 e. The Kier molecular flexibility index (Phi) is 4.84. The molecule has 0 amide bonds. The van der Waals surface area contributed by atoms with Crippen LogP contribution < -0.4 is 10.6 Å². The van der Waals surface area contributed by atoms with E-state index in [-0.39, 0.29) is 23.6 Å². The number of rotatable bonds is 7. The molecular weight excluding hydrogens is 369 g/mol. The fraction of sp³-hybridized carbons (Fsp3) is 0.579. The fourth-order valence-corrected chi connectivity index (χ4v) is 3.17. The highest BCUT2D eigenvalue weighted by atomic mass is 19.4. The second-order valence-corrected chi connectivity index (χ2v) is 7.75. The minimum atomic E-state index is -4.52. The minimum absolute atomic E-state index is 0.0708. The first kappa shape index (κ1) is 18.9. The number of aromatic nitrogens is 4. The van der Waals surface area contributed by atoms with Crippen LogP contribution in [-0.2, 0) is 6.18 Å². The Morgan fingerprint density at radius 3 is 1.86 bits per heavy atom. The van der Waals surface area contributed by atoms with Gasteiger partial charge in [-0.15, -0.1) is 0 Å². The highest BCUT2D eigenvalue weighted by molar-refractivity contribution is 5.54. The zero-order chi connectivity index (χ0) is 19.9. The summed E-state index contributed by atoms with van der Waals surface area (Å²) in [7, 11) is 0. The van der Waals surface area contributed by atoms with Crippen molar-refractivity contribution >= 4 is 11.9 Å². The van der Waals surface area contributed by atoms with Gasteiger partial charge in [0.1, 0.15) is 11.4 Å². The van der Waals surface area contributed by atoms with Crippen LogP contribution in [0.4, 0.5) is 25.1 Å². The smallest absolute Gasteiger partial charge is 0.351 e. The lowest BCUT2D eigenvalue weighted by Crippen LogP contribution is -2.23. The Hall–Kier alpha value is -2.45. The van der Waals surface area contributed by atoms with Crippen LogP contribution in [0.2, 0.25) is 0 Å². The van der Waals surface area contributed by atoms with Crippen molar-refractivity contribution in [2.45, 2.75) is 57.8 Å². The van der Waals surface area contributed by atoms with E-state index in [2.05, 4.69) is 44.4 Å². The number of pyridine rings is 1. The van der Waals surface area contributed by atoms with Crippen LogP contribution in [0.1, 0.15) is 45.2 Å². The predicted octanol–water partition coefficient (Wildman–Crippen LogP) is 4.37. The van der Waals surface area contributed by atoms with E-state index in [1.165, 1.54) is 12.1 Å². The number of anilines is 2. The molecule has 0 aliphatic heterocycles. The molecule has 2 aromatic heterocycles. The molecule has 0 aromatic carbocycles. The summed E-state index contributed by atoms with van der Waals surface area (Å²) >= 11 is 0. The molecule has 2 N–H and O–H groups in total. The van der Waals surface area contributed by atoms with Crippen molar-refractivity contribution < 1.29 is 13.2 Å². The number of hydrogen-bond donors (Lipinski definition) is 2. The summed E-state index contributed by atoms with van der Waals surface area (Å²) in [5.74, 6) is 1.99. The lowest BCUT2D eigenvalue weighted by molar-refractivity contribution is -0.141. The van der Waals surface area contributed by atoms with Crippen LogP contribution in [0.15, 0.2) is 18.2 Å². The standard InChI is InChI=1S/C19H23F3N6/c1-10(12-6-7-12)23-17-26-16(14-4-3-5-15(25-14)19(20,21)22)27-18(28-17)24-11(2)13-8-9-13/h3-5,10-13H,6-9H2,1-2H3,(H2,23,24,26,27,28)/t10-,11?/m1/s1. The van der Waals surface area contributed by atoms with E-state index in [9.17, 15) is 13.2 Å². The van der Waals surface area contributed by atoms with Crippen LogP contribution >= 0.6 is 0 Å². The molecule has 4 rings (SSSR count). The number of alkyl halides is 3. The maximum absolute atomic E-state index is 13.0. The molecule has 150 valence electrons. The molecule has 9 heteroatoms. The van der Waals surface area contributed by atoms with Gasteiger partial charge in [0.15, 0.2) is 5.82 Å². The van der Waals surface area contributed by atoms with Gasteiger partial charge in [0.2, 0.25) is 11.9 Å². The Labute approximate surface area is 161 Å². The zero-order valence-corrected chi connectivity index (χ0v) is 15.8. The first-order chi connectivity index (χ1) is 13.3. The molecule has 2 fully saturated rings. The maximum atomic E-state index is 13.0. The number of nitrogens with zero attached hydrogens (tertiary/aromatic N) is 4. The highest BCUT2D eigenvalue weighted by Crippen LogP contribution is 2.35. The van der Waals surface area contributed by atoms with Gasteiger partial charge in [-0.3, -0.25) is 0 Å². The molecule has 2 aromatic rings. The van der Waals surface area contributed by atoms with Gasteiger partial charge in [-0.05, 0) is 63.5 Å². The SMILES string of the molecule is CC(Nc1nc(N[C@H](C)C2CC2)nc(-c2cccc(C(F)(F)F)n2)n1)C1CC1. The van der Waals surface area contributed by atoms with E-state index in [1.54, 1.807) is 0 Å². The lowest BCUT2D eigenvalue weighted by Gasteiger charge is -2.17. The maximum Gasteiger partial charge on any atom is 0.433 e. The van der Waals surface area contributed by atoms with Crippen molar-refractivity contribution in [3.63, 3.8) is 0 Å². The molecule has 0 spiro atoms. The summed E-state index contributed by atoms with van der Waals surface area (Å²) in [5, 5.41) is 6.53. The van der Waals surface area contributed by atoms with E-state index in [4.69, 9.17) is 0 Å². The quantitative estimate of drug-likeness (QED) is 0.729. The van der Waals surface area contributed by atoms with E-state index in [1.807, 2.05) is 0 Å². The molecule has 2 aliphatic rings. The molecule has 2 aliphatic carbocycles. The summed E-state index contributed by atoms with van der Waals surface area (Å²) in [6.07, 6.45) is 0.110. The molecule has 0 saturated heterocycles. The fourth-order valence-electron chi connectivity index (χ4n) is 3.17. The second kappa shape index (κ2) is 7.18. The molecule has 2 saturated carbocycles. The Morgan fingerprint density at radius 1 is 0.857 bits per heavy atom. The van der Waals surface area contributed by atoms with Crippen molar-refractivity contribution in [3.05, 3.63) is 23.9 Å². The van der Waals surface area contributed by atoms with Gasteiger partial charge in [0, 0.05) is 12.1 Å². The van der Waals surface area contributed by atoms with Crippen molar-refractivity contribution in [1.82, 2.24) is 19.9 Å². The summed E-state index contributed by atoms with van der Waals surface area (Å²) in [5.41, 5.74) is -0.895. The van der Waals surface area contributed by atoms with E-state index >= 15 is 0 Å². The molecule has 2 atom stereocenters. The second-order valence-electron chi connectivity index (χ2n) is 7.75. The third-order valence-electron chi connectivity index (χ3n) is 5.28. The molecule has 0 bridgehead atoms. The van der Waals surface area contributed by atoms with Crippen LogP contribution in [0.5, 0.6) is 0 Å². The topological polar surface area (TPSA) is 75.6 Å². The Morgan fingerprint density at radius 2 is 1.39 bits per heavy atom. The zero-order valence-electron chi connectivity index (χ0n) is 15.8. The number of hydrogen-bond acceptors (Lipinski definition) is 6.